The normalized spacial score (nSPS) is 10.3. The number of hydrogen-bond donors (Lipinski definition) is 0. The molecule has 0 saturated carbocycles. The zero-order valence-corrected chi connectivity index (χ0v) is 11.1. The average molecular weight is 268 g/mol. The van der Waals surface area contributed by atoms with Crippen molar-refractivity contribution in [1.82, 2.24) is 4.90 Å². The minimum absolute atomic E-state index is 0.0646. The summed E-state index contributed by atoms with van der Waals surface area (Å²) in [6.07, 6.45) is 0. The van der Waals surface area contributed by atoms with Crippen molar-refractivity contribution < 1.29 is 19.2 Å². The molecule has 0 radical (unpaired) electrons. The number of nitro benzene ring substituents is 1. The zero-order valence-electron chi connectivity index (χ0n) is 11.1. The summed E-state index contributed by atoms with van der Waals surface area (Å²) < 4.78 is 9.92. The summed E-state index contributed by atoms with van der Waals surface area (Å²) in [6, 6.07) is 3.89. The molecule has 0 saturated heterocycles. The second-order valence-corrected chi connectivity index (χ2v) is 4.08. The number of methoxy groups -OCH3 is 1. The molecule has 0 fully saturated rings. The van der Waals surface area contributed by atoms with E-state index in [0.717, 1.165) is 0 Å². The van der Waals surface area contributed by atoms with Gasteiger partial charge in [0.1, 0.15) is 6.61 Å². The standard InChI is InChI=1S/C12H16N2O5/c1-13(2)6-7-19-11-8-9(12(15)18-3)4-5-10(11)14(16)17/h4-5,8H,6-7H2,1-3H3. The van der Waals surface area contributed by atoms with Crippen LogP contribution >= 0.6 is 0 Å². The quantitative estimate of drug-likeness (QED) is 0.439. The minimum atomic E-state index is -0.563. The van der Waals surface area contributed by atoms with E-state index in [1.165, 1.54) is 25.3 Å². The van der Waals surface area contributed by atoms with Crippen LogP contribution in [0.3, 0.4) is 0 Å². The van der Waals surface area contributed by atoms with Gasteiger partial charge in [0, 0.05) is 18.7 Å². The predicted molar refractivity (Wildman–Crippen MR) is 68.5 cm³/mol. The van der Waals surface area contributed by atoms with Gasteiger partial charge in [-0.3, -0.25) is 10.1 Å². The molecule has 0 aliphatic heterocycles. The predicted octanol–water partition coefficient (Wildman–Crippen LogP) is 1.32. The molecule has 0 amide bonds. The maximum Gasteiger partial charge on any atom is 0.337 e. The van der Waals surface area contributed by atoms with E-state index in [9.17, 15) is 14.9 Å². The number of likely N-dealkylation sites (N-methyl/N-ethyl adjacent to an activating group) is 1. The van der Waals surface area contributed by atoms with E-state index in [0.29, 0.717) is 13.2 Å². The molecular formula is C12H16N2O5. The smallest absolute Gasteiger partial charge is 0.337 e. The molecule has 104 valence electrons. The number of esters is 1. The van der Waals surface area contributed by atoms with Crippen LogP contribution in [0.2, 0.25) is 0 Å². The summed E-state index contributed by atoms with van der Waals surface area (Å²) in [7, 11) is 4.97. The highest BCUT2D eigenvalue weighted by Crippen LogP contribution is 2.28. The first-order valence-electron chi connectivity index (χ1n) is 5.60. The van der Waals surface area contributed by atoms with E-state index in [1.54, 1.807) is 0 Å². The van der Waals surface area contributed by atoms with Crippen molar-refractivity contribution in [1.29, 1.82) is 0 Å². The Kier molecular flexibility index (Phi) is 5.25. The molecule has 19 heavy (non-hydrogen) atoms. The van der Waals surface area contributed by atoms with Crippen LogP contribution in [0.5, 0.6) is 5.75 Å². The van der Waals surface area contributed by atoms with Crippen LogP contribution in [0.4, 0.5) is 5.69 Å². The molecule has 0 N–H and O–H groups in total. The largest absolute Gasteiger partial charge is 0.485 e. The van der Waals surface area contributed by atoms with Crippen molar-refractivity contribution in [3.05, 3.63) is 33.9 Å². The molecule has 0 unspecified atom stereocenters. The van der Waals surface area contributed by atoms with Crippen LogP contribution in [0.25, 0.3) is 0 Å². The van der Waals surface area contributed by atoms with Crippen molar-refractivity contribution in [3.63, 3.8) is 0 Å². The Morgan fingerprint density at radius 3 is 2.63 bits per heavy atom. The van der Waals surface area contributed by atoms with Crippen LogP contribution in [0.1, 0.15) is 10.4 Å². The number of carbonyl (C=O) groups is 1. The summed E-state index contributed by atoms with van der Waals surface area (Å²) in [6.45, 7) is 0.901. The maximum atomic E-state index is 11.4. The second-order valence-electron chi connectivity index (χ2n) is 4.08. The van der Waals surface area contributed by atoms with E-state index >= 15 is 0 Å². The van der Waals surface area contributed by atoms with Gasteiger partial charge in [0.25, 0.3) is 0 Å². The highest BCUT2D eigenvalue weighted by atomic mass is 16.6. The summed E-state index contributed by atoms with van der Waals surface area (Å²) in [5.74, 6) is -0.498. The topological polar surface area (TPSA) is 81.9 Å². The lowest BCUT2D eigenvalue weighted by molar-refractivity contribution is -0.385. The first-order valence-corrected chi connectivity index (χ1v) is 5.60. The van der Waals surface area contributed by atoms with E-state index in [4.69, 9.17) is 4.74 Å². The third-order valence-corrected chi connectivity index (χ3v) is 2.37. The Balaban J connectivity index is 2.95. The summed E-state index contributed by atoms with van der Waals surface area (Å²) in [5.41, 5.74) is 0.0411. The van der Waals surface area contributed by atoms with Crippen molar-refractivity contribution >= 4 is 11.7 Å². The number of hydrogen-bond acceptors (Lipinski definition) is 6. The van der Waals surface area contributed by atoms with Crippen molar-refractivity contribution in [2.45, 2.75) is 0 Å². The first-order chi connectivity index (χ1) is 8.95. The molecule has 7 heteroatoms. The van der Waals surface area contributed by atoms with Crippen LogP contribution in [-0.4, -0.2) is 50.1 Å². The first kappa shape index (κ1) is 14.9. The molecule has 0 aliphatic rings. The van der Waals surface area contributed by atoms with Gasteiger partial charge >= 0.3 is 11.7 Å². The number of nitrogens with zero attached hydrogens (tertiary/aromatic N) is 2. The lowest BCUT2D eigenvalue weighted by Gasteiger charge is -2.11. The molecule has 7 nitrogen and oxygen atoms in total. The summed E-state index contributed by atoms with van der Waals surface area (Å²) in [5, 5.41) is 10.9. The van der Waals surface area contributed by atoms with Crippen molar-refractivity contribution in [2.24, 2.45) is 0 Å². The third-order valence-electron chi connectivity index (χ3n) is 2.37. The monoisotopic (exact) mass is 268 g/mol. The number of benzene rings is 1. The highest BCUT2D eigenvalue weighted by Gasteiger charge is 2.18. The van der Waals surface area contributed by atoms with Gasteiger partial charge < -0.3 is 14.4 Å². The van der Waals surface area contributed by atoms with Gasteiger partial charge in [0.2, 0.25) is 0 Å². The summed E-state index contributed by atoms with van der Waals surface area (Å²) in [4.78, 5) is 23.6. The Bertz CT molecular complexity index is 473. The highest BCUT2D eigenvalue weighted by molar-refractivity contribution is 5.90. The van der Waals surface area contributed by atoms with E-state index in [1.807, 2.05) is 19.0 Å². The SMILES string of the molecule is COC(=O)c1ccc([N+](=O)[O-])c(OCCN(C)C)c1. The van der Waals surface area contributed by atoms with Gasteiger partial charge in [-0.15, -0.1) is 0 Å². The molecule has 0 aliphatic carbocycles. The van der Waals surface area contributed by atoms with Gasteiger partial charge in [-0.05, 0) is 20.2 Å². The molecule has 0 heterocycles. The molecular weight excluding hydrogens is 252 g/mol. The number of rotatable bonds is 6. The van der Waals surface area contributed by atoms with Crippen molar-refractivity contribution in [3.8, 4) is 5.75 Å². The van der Waals surface area contributed by atoms with Gasteiger partial charge in [-0.25, -0.2) is 4.79 Å². The van der Waals surface area contributed by atoms with Crippen LogP contribution in [0.15, 0.2) is 18.2 Å². The Labute approximate surface area is 110 Å². The molecule has 0 bridgehead atoms. The van der Waals surface area contributed by atoms with Gasteiger partial charge in [-0.1, -0.05) is 0 Å². The van der Waals surface area contributed by atoms with Gasteiger partial charge in [0.05, 0.1) is 17.6 Å². The fourth-order valence-corrected chi connectivity index (χ4v) is 1.36. The Hall–Kier alpha value is -2.15. The Morgan fingerprint density at radius 2 is 2.11 bits per heavy atom. The van der Waals surface area contributed by atoms with Crippen LogP contribution < -0.4 is 4.74 Å². The number of ether oxygens (including phenoxy) is 2. The van der Waals surface area contributed by atoms with Crippen molar-refractivity contribution in [2.75, 3.05) is 34.4 Å². The molecule has 1 aromatic rings. The van der Waals surface area contributed by atoms with Crippen LogP contribution in [-0.2, 0) is 4.74 Å². The molecule has 0 aromatic heterocycles. The van der Waals surface area contributed by atoms with E-state index < -0.39 is 10.9 Å². The zero-order chi connectivity index (χ0) is 14.4. The molecule has 1 aromatic carbocycles. The minimum Gasteiger partial charge on any atom is -0.485 e. The lowest BCUT2D eigenvalue weighted by Crippen LogP contribution is -2.19. The maximum absolute atomic E-state index is 11.4. The number of nitro groups is 1. The fraction of sp³-hybridized carbons (Fsp3) is 0.417. The van der Waals surface area contributed by atoms with Gasteiger partial charge in [0.15, 0.2) is 5.75 Å². The molecule has 0 atom stereocenters. The Morgan fingerprint density at radius 1 is 1.42 bits per heavy atom. The van der Waals surface area contributed by atoms with Crippen LogP contribution in [0, 0.1) is 10.1 Å². The average Bonchev–Trinajstić information content (AvgIpc) is 2.37. The second kappa shape index (κ2) is 6.69. The van der Waals surface area contributed by atoms with Gasteiger partial charge in [-0.2, -0.15) is 0 Å². The molecule has 1 rings (SSSR count). The van der Waals surface area contributed by atoms with E-state index in [-0.39, 0.29) is 17.0 Å². The lowest BCUT2D eigenvalue weighted by atomic mass is 10.2. The number of carbonyl (C=O) groups excluding carboxylic acids is 1. The third kappa shape index (κ3) is 4.22. The molecule has 0 spiro atoms. The van der Waals surface area contributed by atoms with E-state index in [2.05, 4.69) is 4.74 Å². The fourth-order valence-electron chi connectivity index (χ4n) is 1.36. The summed E-state index contributed by atoms with van der Waals surface area (Å²) >= 11 is 0.